The van der Waals surface area contributed by atoms with Crippen molar-refractivity contribution < 1.29 is 33.8 Å². The third-order valence-electron chi connectivity index (χ3n) is 3.45. The van der Waals surface area contributed by atoms with Crippen LogP contribution in [0.15, 0.2) is 24.4 Å². The summed E-state index contributed by atoms with van der Waals surface area (Å²) < 4.78 is 22.5. The van der Waals surface area contributed by atoms with Gasteiger partial charge in [-0.2, -0.15) is 0 Å². The van der Waals surface area contributed by atoms with Crippen LogP contribution in [0, 0.1) is 0 Å². The van der Waals surface area contributed by atoms with Gasteiger partial charge in [0.25, 0.3) is 5.08 Å². The molecule has 0 saturated carbocycles. The Morgan fingerprint density at radius 3 is 2.29 bits per heavy atom. The van der Waals surface area contributed by atoms with E-state index in [2.05, 4.69) is 10.3 Å². The molecule has 0 unspecified atom stereocenters. The predicted octanol–water partition coefficient (Wildman–Crippen LogP) is 0.207. The molecule has 0 aromatic carbocycles. The Morgan fingerprint density at radius 2 is 1.79 bits per heavy atom. The number of aliphatic hydroxyl groups is 1. The van der Waals surface area contributed by atoms with Gasteiger partial charge in [0.1, 0.15) is 5.82 Å². The number of pyridine rings is 1. The summed E-state index contributed by atoms with van der Waals surface area (Å²) in [6, 6.07) is 5.44. The lowest BCUT2D eigenvalue weighted by molar-refractivity contribution is 0.112. The van der Waals surface area contributed by atoms with Crippen molar-refractivity contribution in [1.82, 2.24) is 9.88 Å². The van der Waals surface area contributed by atoms with Crippen LogP contribution in [-0.4, -0.2) is 66.3 Å². The fraction of sp³-hybridized carbons (Fsp3) is 0.583. The van der Waals surface area contributed by atoms with Gasteiger partial charge in [0.15, 0.2) is 0 Å². The summed E-state index contributed by atoms with van der Waals surface area (Å²) in [4.78, 5) is 41.9. The van der Waals surface area contributed by atoms with Crippen LogP contribution >= 0.6 is 15.2 Å². The molecule has 0 aliphatic heterocycles. The largest absolute Gasteiger partial charge is 0.370 e. The first-order valence-electron chi connectivity index (χ1n) is 7.14. The normalized spacial score (nSPS) is 13.3. The van der Waals surface area contributed by atoms with Gasteiger partial charge >= 0.3 is 15.2 Å². The van der Waals surface area contributed by atoms with Crippen molar-refractivity contribution in [1.29, 1.82) is 0 Å². The fourth-order valence-electron chi connectivity index (χ4n) is 1.95. The summed E-state index contributed by atoms with van der Waals surface area (Å²) in [5, 5.41) is 9.50. The lowest BCUT2D eigenvalue weighted by Crippen LogP contribution is -2.34. The highest BCUT2D eigenvalue weighted by Gasteiger charge is 2.58. The second-order valence-corrected chi connectivity index (χ2v) is 9.42. The summed E-state index contributed by atoms with van der Waals surface area (Å²) in [6.07, 6.45) is 1.57. The van der Waals surface area contributed by atoms with E-state index in [4.69, 9.17) is 19.6 Å². The molecule has 1 aromatic heterocycles. The molecule has 0 spiro atoms. The molecule has 0 aliphatic rings. The zero-order valence-corrected chi connectivity index (χ0v) is 15.0. The zero-order chi connectivity index (χ0) is 18.4. The Labute approximate surface area is 139 Å². The molecule has 0 fully saturated rings. The van der Waals surface area contributed by atoms with Crippen LogP contribution in [-0.2, 0) is 9.13 Å². The van der Waals surface area contributed by atoms with Crippen molar-refractivity contribution in [2.45, 2.75) is 17.9 Å². The van der Waals surface area contributed by atoms with Crippen LogP contribution in [0.2, 0.25) is 0 Å². The molecule has 1 rings (SSSR count). The molecule has 0 saturated heterocycles. The van der Waals surface area contributed by atoms with Gasteiger partial charge in [-0.1, -0.05) is 6.07 Å². The minimum absolute atomic E-state index is 0.0870. The molecule has 24 heavy (non-hydrogen) atoms. The fourth-order valence-corrected chi connectivity index (χ4v) is 4.09. The van der Waals surface area contributed by atoms with Crippen LogP contribution in [0.5, 0.6) is 0 Å². The van der Waals surface area contributed by atoms with Gasteiger partial charge < -0.3 is 34.9 Å². The Balaban J connectivity index is 2.43. The summed E-state index contributed by atoms with van der Waals surface area (Å²) in [5.41, 5.74) is 0. The predicted molar refractivity (Wildman–Crippen MR) is 88.5 cm³/mol. The van der Waals surface area contributed by atoms with Crippen molar-refractivity contribution in [2.75, 3.05) is 32.0 Å². The molecule has 138 valence electrons. The van der Waals surface area contributed by atoms with Gasteiger partial charge in [-0.05, 0) is 32.1 Å². The highest BCUT2D eigenvalue weighted by atomic mass is 31.2. The van der Waals surface area contributed by atoms with E-state index in [1.54, 1.807) is 24.2 Å². The van der Waals surface area contributed by atoms with E-state index in [9.17, 15) is 14.2 Å². The zero-order valence-electron chi connectivity index (χ0n) is 13.2. The molecule has 0 atom stereocenters. The number of anilines is 1. The van der Waals surface area contributed by atoms with E-state index >= 15 is 0 Å². The average molecular weight is 383 g/mol. The van der Waals surface area contributed by atoms with Crippen molar-refractivity contribution >= 4 is 21.0 Å². The quantitative estimate of drug-likeness (QED) is 0.243. The van der Waals surface area contributed by atoms with E-state index in [1.807, 2.05) is 12.1 Å². The van der Waals surface area contributed by atoms with Crippen LogP contribution in [0.4, 0.5) is 5.82 Å². The first-order valence-corrected chi connectivity index (χ1v) is 10.4. The van der Waals surface area contributed by atoms with E-state index in [0.29, 0.717) is 19.5 Å². The maximum Gasteiger partial charge on any atom is 0.369 e. The molecule has 6 N–H and O–H groups in total. The molecule has 1 heterocycles. The first-order chi connectivity index (χ1) is 11.0. The molecular weight excluding hydrogens is 360 g/mol. The van der Waals surface area contributed by atoms with E-state index in [0.717, 1.165) is 5.82 Å². The Bertz CT molecular complexity index is 582. The molecule has 0 radical (unpaired) electrons. The third-order valence-corrected chi connectivity index (χ3v) is 7.33. The third kappa shape index (κ3) is 5.91. The van der Waals surface area contributed by atoms with Gasteiger partial charge in [-0.25, -0.2) is 4.98 Å². The highest BCUT2D eigenvalue weighted by molar-refractivity contribution is 7.72. The summed E-state index contributed by atoms with van der Waals surface area (Å²) >= 11 is 0. The summed E-state index contributed by atoms with van der Waals surface area (Å²) in [7, 11) is -9.16. The highest BCUT2D eigenvalue weighted by Crippen LogP contribution is 2.68. The number of nitrogens with one attached hydrogen (secondary N) is 1. The molecule has 1 aromatic rings. The molecular formula is C12H23N3O7P2. The topological polar surface area (TPSA) is 163 Å². The lowest BCUT2D eigenvalue weighted by atomic mass is 10.3. The van der Waals surface area contributed by atoms with E-state index in [-0.39, 0.29) is 6.54 Å². The average Bonchev–Trinajstić information content (AvgIpc) is 2.48. The SMILES string of the molecule is CN(CCCNc1ccccn1)CCC(O)(P(=O)(O)O)P(=O)(O)O. The van der Waals surface area contributed by atoms with Crippen LogP contribution in [0.3, 0.4) is 0 Å². The standard InChI is InChI=1S/C12H23N3O7P2/c1-15(9-4-8-14-11-5-2-3-7-13-11)10-6-12(16,23(17,18)19)24(20,21)22/h2-3,5,7,16H,4,6,8-10H2,1H3,(H,13,14)(H2,17,18,19)(H2,20,21,22). The molecule has 10 nitrogen and oxygen atoms in total. The van der Waals surface area contributed by atoms with Crippen molar-refractivity contribution in [3.05, 3.63) is 24.4 Å². The number of rotatable bonds is 10. The van der Waals surface area contributed by atoms with Crippen LogP contribution in [0.1, 0.15) is 12.8 Å². The molecule has 12 heteroatoms. The Hall–Kier alpha value is -0.830. The van der Waals surface area contributed by atoms with Gasteiger partial charge in [0, 0.05) is 25.7 Å². The van der Waals surface area contributed by atoms with Gasteiger partial charge in [0.05, 0.1) is 0 Å². The Morgan fingerprint density at radius 1 is 1.17 bits per heavy atom. The van der Waals surface area contributed by atoms with Crippen molar-refractivity contribution in [2.24, 2.45) is 0 Å². The molecule has 0 aliphatic carbocycles. The summed E-state index contributed by atoms with van der Waals surface area (Å²) in [6.45, 7) is 1.01. The minimum Gasteiger partial charge on any atom is -0.370 e. The number of nitrogens with zero attached hydrogens (tertiary/aromatic N) is 2. The van der Waals surface area contributed by atoms with Crippen LogP contribution < -0.4 is 5.32 Å². The summed E-state index contributed by atoms with van der Waals surface area (Å²) in [5.74, 6) is 0.720. The number of hydrogen-bond acceptors (Lipinski definition) is 6. The number of aromatic nitrogens is 1. The van der Waals surface area contributed by atoms with Crippen molar-refractivity contribution in [3.63, 3.8) is 0 Å². The van der Waals surface area contributed by atoms with Gasteiger partial charge in [-0.15, -0.1) is 0 Å². The molecule has 0 bridgehead atoms. The minimum atomic E-state index is -5.39. The second kappa shape index (κ2) is 8.51. The van der Waals surface area contributed by atoms with Crippen LogP contribution in [0.25, 0.3) is 0 Å². The maximum absolute atomic E-state index is 11.2. The monoisotopic (exact) mass is 383 g/mol. The Kier molecular flexibility index (Phi) is 7.52. The smallest absolute Gasteiger partial charge is 0.369 e. The lowest BCUT2D eigenvalue weighted by Gasteiger charge is -2.30. The van der Waals surface area contributed by atoms with E-state index in [1.165, 1.54) is 0 Å². The molecule has 0 amide bonds. The van der Waals surface area contributed by atoms with Crippen molar-refractivity contribution in [3.8, 4) is 0 Å². The maximum atomic E-state index is 11.2. The van der Waals surface area contributed by atoms with Gasteiger partial charge in [-0.3, -0.25) is 9.13 Å². The van der Waals surface area contributed by atoms with E-state index < -0.39 is 26.7 Å². The second-order valence-electron chi connectivity index (χ2n) is 5.41. The number of hydrogen-bond donors (Lipinski definition) is 6. The first kappa shape index (κ1) is 21.2. The van der Waals surface area contributed by atoms with Gasteiger partial charge in [0.2, 0.25) is 0 Å².